The maximum Gasteiger partial charge on any atom is 0.488 e. The van der Waals surface area contributed by atoms with E-state index < -0.39 is 7.12 Å². The van der Waals surface area contributed by atoms with E-state index in [1.54, 1.807) is 17.8 Å². The summed E-state index contributed by atoms with van der Waals surface area (Å²) < 4.78 is 0. The van der Waals surface area contributed by atoms with Crippen LogP contribution in [0, 0.1) is 5.41 Å². The Hall–Kier alpha value is -0.445. The van der Waals surface area contributed by atoms with E-state index in [1.807, 2.05) is 18.2 Å². The van der Waals surface area contributed by atoms with Gasteiger partial charge in [0.2, 0.25) is 0 Å². The van der Waals surface area contributed by atoms with Crippen LogP contribution in [0.1, 0.15) is 27.2 Å². The molecule has 2 nitrogen and oxygen atoms in total. The van der Waals surface area contributed by atoms with Crippen LogP contribution >= 0.6 is 11.8 Å². The lowest BCUT2D eigenvalue weighted by Crippen LogP contribution is -2.29. The van der Waals surface area contributed by atoms with Crippen LogP contribution in [0.2, 0.25) is 0 Å². The molecule has 1 aromatic carbocycles. The molecule has 2 N–H and O–H groups in total. The third-order valence-corrected chi connectivity index (χ3v) is 3.27. The van der Waals surface area contributed by atoms with E-state index in [0.29, 0.717) is 10.9 Å². The molecule has 0 fully saturated rings. The van der Waals surface area contributed by atoms with Gasteiger partial charge in [-0.3, -0.25) is 0 Å². The molecule has 0 aliphatic carbocycles. The van der Waals surface area contributed by atoms with Crippen LogP contribution in [0.3, 0.4) is 0 Å². The number of hydrogen-bond donors (Lipinski definition) is 2. The van der Waals surface area contributed by atoms with Gasteiger partial charge in [0.05, 0.1) is 0 Å². The smallest absolute Gasteiger partial charge is 0.423 e. The molecule has 0 spiro atoms. The molecular weight excluding hydrogens is 219 g/mol. The van der Waals surface area contributed by atoms with Gasteiger partial charge in [0.25, 0.3) is 0 Å². The maximum absolute atomic E-state index is 9.05. The topological polar surface area (TPSA) is 40.5 Å². The molecule has 0 bridgehead atoms. The lowest BCUT2D eigenvalue weighted by molar-refractivity contribution is 0.401. The second-order valence-electron chi connectivity index (χ2n) is 5.11. The highest BCUT2D eigenvalue weighted by atomic mass is 32.2. The summed E-state index contributed by atoms with van der Waals surface area (Å²) in [5.41, 5.74) is 0.905. The van der Waals surface area contributed by atoms with E-state index in [2.05, 4.69) is 20.8 Å². The molecule has 0 saturated carbocycles. The fraction of sp³-hybridized carbons (Fsp3) is 0.500. The van der Waals surface area contributed by atoms with E-state index in [9.17, 15) is 0 Å². The van der Waals surface area contributed by atoms with Crippen molar-refractivity contribution in [1.29, 1.82) is 0 Å². The van der Waals surface area contributed by atoms with Crippen molar-refractivity contribution in [3.63, 3.8) is 0 Å². The van der Waals surface area contributed by atoms with Gasteiger partial charge in [-0.25, -0.2) is 0 Å². The molecule has 0 radical (unpaired) electrons. The lowest BCUT2D eigenvalue weighted by Gasteiger charge is -2.17. The van der Waals surface area contributed by atoms with Gasteiger partial charge in [-0.1, -0.05) is 32.9 Å². The predicted molar refractivity (Wildman–Crippen MR) is 71.1 cm³/mol. The van der Waals surface area contributed by atoms with Crippen molar-refractivity contribution in [2.75, 3.05) is 5.75 Å². The summed E-state index contributed by atoms with van der Waals surface area (Å²) in [6, 6.07) is 7.41. The normalized spacial score (nSPS) is 11.6. The van der Waals surface area contributed by atoms with Crippen LogP contribution < -0.4 is 5.46 Å². The zero-order valence-electron chi connectivity index (χ0n) is 10.1. The van der Waals surface area contributed by atoms with Gasteiger partial charge in [-0.2, -0.15) is 0 Å². The number of benzene rings is 1. The lowest BCUT2D eigenvalue weighted by atomic mass is 9.80. The molecule has 0 saturated heterocycles. The third kappa shape index (κ3) is 5.06. The van der Waals surface area contributed by atoms with E-state index in [4.69, 9.17) is 10.0 Å². The van der Waals surface area contributed by atoms with E-state index in [-0.39, 0.29) is 0 Å². The minimum absolute atomic E-state index is 0.348. The summed E-state index contributed by atoms with van der Waals surface area (Å²) in [7, 11) is -1.37. The molecule has 0 aromatic heterocycles. The van der Waals surface area contributed by atoms with Crippen LogP contribution in [0.25, 0.3) is 0 Å². The van der Waals surface area contributed by atoms with Gasteiger partial charge in [0.15, 0.2) is 0 Å². The SMILES string of the molecule is CC(C)(C)CCSc1cccc(B(O)O)c1. The van der Waals surface area contributed by atoms with Gasteiger partial charge in [-0.15, -0.1) is 11.8 Å². The minimum Gasteiger partial charge on any atom is -0.423 e. The fourth-order valence-corrected chi connectivity index (χ4v) is 2.58. The quantitative estimate of drug-likeness (QED) is 0.621. The second kappa shape index (κ2) is 5.76. The Morgan fingerprint density at radius 3 is 2.50 bits per heavy atom. The van der Waals surface area contributed by atoms with Crippen LogP contribution in [0.4, 0.5) is 0 Å². The van der Waals surface area contributed by atoms with Crippen LogP contribution in [0.15, 0.2) is 29.2 Å². The zero-order valence-corrected chi connectivity index (χ0v) is 10.9. The molecule has 0 heterocycles. The molecule has 16 heavy (non-hydrogen) atoms. The van der Waals surface area contributed by atoms with Crippen LogP contribution in [-0.2, 0) is 0 Å². The van der Waals surface area contributed by atoms with Gasteiger partial charge >= 0.3 is 7.12 Å². The van der Waals surface area contributed by atoms with Crippen molar-refractivity contribution in [2.45, 2.75) is 32.1 Å². The first-order valence-electron chi connectivity index (χ1n) is 5.47. The Morgan fingerprint density at radius 1 is 1.25 bits per heavy atom. The molecule has 88 valence electrons. The van der Waals surface area contributed by atoms with Crippen molar-refractivity contribution in [1.82, 2.24) is 0 Å². The average molecular weight is 238 g/mol. The van der Waals surface area contributed by atoms with Crippen molar-refractivity contribution < 1.29 is 10.0 Å². The van der Waals surface area contributed by atoms with Crippen molar-refractivity contribution >= 4 is 24.3 Å². The summed E-state index contributed by atoms with van der Waals surface area (Å²) in [5, 5.41) is 18.1. The highest BCUT2D eigenvalue weighted by Gasteiger charge is 2.12. The molecule has 0 aliphatic heterocycles. The van der Waals surface area contributed by atoms with E-state index in [0.717, 1.165) is 17.1 Å². The summed E-state index contributed by atoms with van der Waals surface area (Å²) in [6.45, 7) is 6.67. The molecule has 0 amide bonds. The number of rotatable bonds is 4. The Balaban J connectivity index is 2.51. The molecule has 1 rings (SSSR count). The summed E-state index contributed by atoms with van der Waals surface area (Å²) in [6.07, 6.45) is 1.14. The van der Waals surface area contributed by atoms with E-state index in [1.165, 1.54) is 0 Å². The van der Waals surface area contributed by atoms with Crippen LogP contribution in [-0.4, -0.2) is 22.9 Å². The standard InChI is InChI=1S/C12H19BO2S/c1-12(2,3)7-8-16-11-6-4-5-10(9-11)13(14)15/h4-6,9,14-15H,7-8H2,1-3H3. The van der Waals surface area contributed by atoms with Crippen molar-refractivity contribution in [2.24, 2.45) is 5.41 Å². The molecule has 1 aromatic rings. The number of hydrogen-bond acceptors (Lipinski definition) is 3. The summed E-state index contributed by atoms with van der Waals surface area (Å²) >= 11 is 1.76. The Bertz CT molecular complexity index is 334. The second-order valence-corrected chi connectivity index (χ2v) is 6.27. The first-order chi connectivity index (χ1) is 7.38. The predicted octanol–water partition coefficient (Wildman–Crippen LogP) is 1.89. The van der Waals surface area contributed by atoms with Crippen molar-refractivity contribution in [3.8, 4) is 0 Å². The largest absolute Gasteiger partial charge is 0.488 e. The summed E-state index contributed by atoms with van der Waals surface area (Å²) in [4.78, 5) is 1.09. The molecule has 0 unspecified atom stereocenters. The Morgan fingerprint density at radius 2 is 1.94 bits per heavy atom. The Kier molecular flexibility index (Phi) is 4.90. The minimum atomic E-state index is -1.37. The van der Waals surface area contributed by atoms with Crippen molar-refractivity contribution in [3.05, 3.63) is 24.3 Å². The number of thioether (sulfide) groups is 1. The van der Waals surface area contributed by atoms with Crippen LogP contribution in [0.5, 0.6) is 0 Å². The summed E-state index contributed by atoms with van der Waals surface area (Å²) in [5.74, 6) is 1.05. The molecule has 4 heteroatoms. The monoisotopic (exact) mass is 238 g/mol. The highest BCUT2D eigenvalue weighted by molar-refractivity contribution is 7.99. The van der Waals surface area contributed by atoms with Gasteiger partial charge in [0, 0.05) is 4.90 Å². The molecular formula is C12H19BO2S. The highest BCUT2D eigenvalue weighted by Crippen LogP contribution is 2.25. The molecule has 0 atom stereocenters. The third-order valence-electron chi connectivity index (χ3n) is 2.28. The first-order valence-corrected chi connectivity index (χ1v) is 6.46. The fourth-order valence-electron chi connectivity index (χ4n) is 1.24. The van der Waals surface area contributed by atoms with Gasteiger partial charge in [0.1, 0.15) is 0 Å². The van der Waals surface area contributed by atoms with Gasteiger partial charge in [-0.05, 0) is 35.2 Å². The first kappa shape index (κ1) is 13.6. The maximum atomic E-state index is 9.05. The average Bonchev–Trinajstić information content (AvgIpc) is 2.16. The zero-order chi connectivity index (χ0) is 12.2. The molecule has 0 aliphatic rings. The Labute approximate surface area is 102 Å². The van der Waals surface area contributed by atoms with Gasteiger partial charge < -0.3 is 10.0 Å². The van der Waals surface area contributed by atoms with E-state index >= 15 is 0 Å².